The molecule has 228 valence electrons. The van der Waals surface area contributed by atoms with Gasteiger partial charge in [-0.1, -0.05) is 6.92 Å². The van der Waals surface area contributed by atoms with Crippen molar-refractivity contribution in [2.45, 2.75) is 30.9 Å². The minimum absolute atomic E-state index is 0.267. The molecule has 0 spiro atoms. The van der Waals surface area contributed by atoms with Crippen molar-refractivity contribution < 1.29 is 40.9 Å². The van der Waals surface area contributed by atoms with Crippen molar-refractivity contribution in [3.05, 3.63) is 96.3 Å². The summed E-state index contributed by atoms with van der Waals surface area (Å²) >= 11 is 0. The second kappa shape index (κ2) is 14.6. The number of nitrogens with zero attached hydrogens (tertiary/aromatic N) is 3. The summed E-state index contributed by atoms with van der Waals surface area (Å²) in [4.78, 5) is 20.6. The Kier molecular flexibility index (Phi) is 10.6. The smallest absolute Gasteiger partial charge is 0.268 e. The van der Waals surface area contributed by atoms with E-state index < -0.39 is 45.0 Å². The first-order valence-electron chi connectivity index (χ1n) is 13.2. The van der Waals surface area contributed by atoms with Gasteiger partial charge in [0, 0.05) is 19.5 Å². The SMILES string of the molecule is CCC(Oc1ccc(C(=O)NS(=O)(=O)c2ccc(OCCn3ccnc3)cc2)c(F)c1F)c1ccc(OCCOC)cn1. The Morgan fingerprint density at radius 1 is 0.977 bits per heavy atom. The van der Waals surface area contributed by atoms with Crippen LogP contribution < -0.4 is 18.9 Å². The fraction of sp³-hybridized carbons (Fsp3) is 0.276. The van der Waals surface area contributed by atoms with Crippen LogP contribution in [0.4, 0.5) is 8.78 Å². The number of halogens is 2. The van der Waals surface area contributed by atoms with Gasteiger partial charge in [-0.2, -0.15) is 4.39 Å². The number of hydrogen-bond donors (Lipinski definition) is 1. The fourth-order valence-corrected chi connectivity index (χ4v) is 4.82. The maximum absolute atomic E-state index is 15.0. The monoisotopic (exact) mass is 616 g/mol. The van der Waals surface area contributed by atoms with Gasteiger partial charge in [-0.3, -0.25) is 9.78 Å². The predicted molar refractivity (Wildman–Crippen MR) is 150 cm³/mol. The zero-order valence-corrected chi connectivity index (χ0v) is 24.2. The Bertz CT molecular complexity index is 1600. The number of aromatic nitrogens is 3. The molecule has 2 heterocycles. The van der Waals surface area contributed by atoms with E-state index in [2.05, 4.69) is 9.97 Å². The van der Waals surface area contributed by atoms with Crippen molar-refractivity contribution in [3.8, 4) is 17.2 Å². The molecule has 0 fully saturated rings. The molecule has 2 aromatic heterocycles. The van der Waals surface area contributed by atoms with Gasteiger partial charge in [0.2, 0.25) is 5.82 Å². The van der Waals surface area contributed by atoms with Gasteiger partial charge in [0.1, 0.15) is 30.8 Å². The standard InChI is InChI=1S/C29H30F2N4O7S/c1-3-25(24-10-6-21(18-33-24)41-17-16-39-2)42-26-11-9-23(27(30)28(26)31)29(36)34-43(37,38)22-7-4-20(5-8-22)40-15-14-35-13-12-32-19-35/h4-13,18-19,25H,3,14-17H2,1-2H3,(H,34,36). The van der Waals surface area contributed by atoms with Gasteiger partial charge in [-0.15, -0.1) is 0 Å². The summed E-state index contributed by atoms with van der Waals surface area (Å²) < 4.78 is 80.6. The maximum Gasteiger partial charge on any atom is 0.268 e. The number of rotatable bonds is 15. The maximum atomic E-state index is 15.0. The van der Waals surface area contributed by atoms with E-state index in [4.69, 9.17) is 18.9 Å². The number of methoxy groups -OCH3 is 1. The van der Waals surface area contributed by atoms with Crippen LogP contribution >= 0.6 is 0 Å². The molecule has 0 radical (unpaired) electrons. The Morgan fingerprint density at radius 2 is 1.72 bits per heavy atom. The number of benzene rings is 2. The summed E-state index contributed by atoms with van der Waals surface area (Å²) in [7, 11) is -2.85. The molecule has 1 atom stereocenters. The summed E-state index contributed by atoms with van der Waals surface area (Å²) in [5.74, 6) is -3.90. The van der Waals surface area contributed by atoms with Crippen molar-refractivity contribution in [1.82, 2.24) is 19.3 Å². The number of imidazole rings is 1. The van der Waals surface area contributed by atoms with Crippen LogP contribution in [0.1, 0.15) is 35.5 Å². The third-order valence-corrected chi connectivity index (χ3v) is 7.46. The average molecular weight is 617 g/mol. The van der Waals surface area contributed by atoms with E-state index >= 15 is 0 Å². The van der Waals surface area contributed by atoms with Crippen molar-refractivity contribution in [2.24, 2.45) is 0 Å². The molecular weight excluding hydrogens is 586 g/mol. The molecule has 1 N–H and O–H groups in total. The highest BCUT2D eigenvalue weighted by Crippen LogP contribution is 2.29. The lowest BCUT2D eigenvalue weighted by atomic mass is 10.1. The first-order chi connectivity index (χ1) is 20.7. The predicted octanol–water partition coefficient (Wildman–Crippen LogP) is 4.31. The van der Waals surface area contributed by atoms with Crippen LogP contribution in [0.25, 0.3) is 0 Å². The van der Waals surface area contributed by atoms with Crippen LogP contribution in [0.5, 0.6) is 17.2 Å². The van der Waals surface area contributed by atoms with Crippen LogP contribution in [0.3, 0.4) is 0 Å². The number of amides is 1. The first kappa shape index (κ1) is 31.4. The number of carbonyl (C=O) groups is 1. The van der Waals surface area contributed by atoms with Crippen LogP contribution in [-0.4, -0.2) is 55.8 Å². The topological polar surface area (TPSA) is 131 Å². The van der Waals surface area contributed by atoms with E-state index in [1.807, 2.05) is 4.57 Å². The van der Waals surface area contributed by atoms with Crippen LogP contribution in [0.15, 0.2) is 78.3 Å². The summed E-state index contributed by atoms with van der Waals surface area (Å²) in [5.41, 5.74) is -0.361. The lowest BCUT2D eigenvalue weighted by Gasteiger charge is -2.18. The third-order valence-electron chi connectivity index (χ3n) is 6.12. The molecule has 0 bridgehead atoms. The molecule has 43 heavy (non-hydrogen) atoms. The number of ether oxygens (including phenoxy) is 4. The number of hydrogen-bond acceptors (Lipinski definition) is 9. The van der Waals surface area contributed by atoms with Crippen LogP contribution in [0.2, 0.25) is 0 Å². The number of carbonyl (C=O) groups excluding carboxylic acids is 1. The third kappa shape index (κ3) is 8.26. The minimum atomic E-state index is -4.40. The fourth-order valence-electron chi connectivity index (χ4n) is 3.85. The van der Waals surface area contributed by atoms with Crippen molar-refractivity contribution >= 4 is 15.9 Å². The Morgan fingerprint density at radius 3 is 2.37 bits per heavy atom. The molecule has 0 aliphatic carbocycles. The molecule has 11 nitrogen and oxygen atoms in total. The van der Waals surface area contributed by atoms with Gasteiger partial charge in [0.05, 0.1) is 41.8 Å². The van der Waals surface area contributed by atoms with Gasteiger partial charge >= 0.3 is 0 Å². The van der Waals surface area contributed by atoms with E-state index in [0.717, 1.165) is 12.1 Å². The van der Waals surface area contributed by atoms with Gasteiger partial charge in [0.25, 0.3) is 15.9 Å². The Balaban J connectivity index is 1.38. The summed E-state index contributed by atoms with van der Waals surface area (Å²) in [6.45, 7) is 3.37. The molecule has 0 aliphatic heterocycles. The van der Waals surface area contributed by atoms with E-state index in [-0.39, 0.29) is 4.90 Å². The summed E-state index contributed by atoms with van der Waals surface area (Å²) in [6.07, 6.45) is 6.16. The quantitative estimate of drug-likeness (QED) is 0.194. The van der Waals surface area contributed by atoms with Gasteiger partial charge in [-0.05, 0) is 55.0 Å². The largest absolute Gasteiger partial charge is 0.492 e. The molecule has 4 rings (SSSR count). The summed E-state index contributed by atoms with van der Waals surface area (Å²) in [5, 5.41) is 0. The highest BCUT2D eigenvalue weighted by atomic mass is 32.2. The normalized spacial score (nSPS) is 12.0. The van der Waals surface area contributed by atoms with Crippen molar-refractivity contribution in [3.63, 3.8) is 0 Å². The molecule has 1 unspecified atom stereocenters. The molecule has 14 heteroatoms. The minimum Gasteiger partial charge on any atom is -0.492 e. The second-order valence-corrected chi connectivity index (χ2v) is 10.8. The first-order valence-corrected chi connectivity index (χ1v) is 14.7. The van der Waals surface area contributed by atoms with Gasteiger partial charge in [0.15, 0.2) is 11.6 Å². The van der Waals surface area contributed by atoms with Gasteiger partial charge in [-0.25, -0.2) is 22.5 Å². The number of nitrogens with one attached hydrogen (secondary N) is 1. The number of sulfonamides is 1. The Hall–Kier alpha value is -4.56. The van der Waals surface area contributed by atoms with E-state index in [1.165, 1.54) is 30.5 Å². The van der Waals surface area contributed by atoms with Gasteiger partial charge < -0.3 is 23.5 Å². The molecule has 2 aromatic carbocycles. The van der Waals surface area contributed by atoms with E-state index in [9.17, 15) is 22.0 Å². The lowest BCUT2D eigenvalue weighted by Crippen LogP contribution is -2.31. The number of pyridine rings is 1. The molecule has 0 aliphatic rings. The van der Waals surface area contributed by atoms with Crippen molar-refractivity contribution in [2.75, 3.05) is 26.9 Å². The van der Waals surface area contributed by atoms with E-state index in [1.54, 1.807) is 49.6 Å². The summed E-state index contributed by atoms with van der Waals surface area (Å²) in [6, 6.07) is 10.6. The van der Waals surface area contributed by atoms with Crippen molar-refractivity contribution in [1.29, 1.82) is 0 Å². The highest BCUT2D eigenvalue weighted by molar-refractivity contribution is 7.90. The highest BCUT2D eigenvalue weighted by Gasteiger charge is 2.25. The second-order valence-electron chi connectivity index (χ2n) is 9.07. The van der Waals surface area contributed by atoms with E-state index in [0.29, 0.717) is 50.0 Å². The molecule has 4 aromatic rings. The molecule has 0 saturated heterocycles. The Labute approximate surface area is 247 Å². The molecular formula is C29H30F2N4O7S. The average Bonchev–Trinajstić information content (AvgIpc) is 3.52. The molecule has 1 amide bonds. The zero-order chi connectivity index (χ0) is 30.8. The lowest BCUT2D eigenvalue weighted by molar-refractivity contribution is 0.0976. The van der Waals surface area contributed by atoms with Crippen LogP contribution in [0, 0.1) is 11.6 Å². The molecule has 0 saturated carbocycles. The van der Waals surface area contributed by atoms with Crippen LogP contribution in [-0.2, 0) is 21.3 Å². The zero-order valence-electron chi connectivity index (χ0n) is 23.4.